The van der Waals surface area contributed by atoms with E-state index < -0.39 is 41.6 Å². The molecule has 1 aromatic rings. The smallest absolute Gasteiger partial charge is 0.351 e. The minimum absolute atomic E-state index is 0.0461. The highest BCUT2D eigenvalue weighted by atomic mass is 16.6. The van der Waals surface area contributed by atoms with E-state index in [1.165, 1.54) is 26.1 Å². The van der Waals surface area contributed by atoms with Gasteiger partial charge in [0.05, 0.1) is 11.5 Å². The number of aliphatic hydroxyl groups excluding tert-OH is 2. The maximum Gasteiger partial charge on any atom is 0.351 e. The van der Waals surface area contributed by atoms with Gasteiger partial charge in [0.1, 0.15) is 12.2 Å². The number of rotatable bonds is 5. The topological polar surface area (TPSA) is 154 Å². The summed E-state index contributed by atoms with van der Waals surface area (Å²) in [5.74, 6) is -1.15. The third kappa shape index (κ3) is 3.34. The van der Waals surface area contributed by atoms with Gasteiger partial charge in [-0.3, -0.25) is 20.0 Å². The maximum absolute atomic E-state index is 11.9. The molecule has 0 aromatic carbocycles. The van der Waals surface area contributed by atoms with Crippen LogP contribution < -0.4 is 11.2 Å². The van der Waals surface area contributed by atoms with Gasteiger partial charge in [-0.1, -0.05) is 0 Å². The van der Waals surface area contributed by atoms with Crippen molar-refractivity contribution in [3.05, 3.63) is 22.7 Å². The van der Waals surface area contributed by atoms with E-state index in [9.17, 15) is 19.8 Å². The number of nitrogens with zero attached hydrogens (tertiary/aromatic N) is 2. The Bertz CT molecular complexity index is 645. The predicted octanol–water partition coefficient (Wildman–Crippen LogP) is -0.835. The van der Waals surface area contributed by atoms with Gasteiger partial charge in [-0.25, -0.2) is 4.79 Å². The van der Waals surface area contributed by atoms with Crippen molar-refractivity contribution in [2.24, 2.45) is 5.41 Å². The van der Waals surface area contributed by atoms with Crippen LogP contribution in [-0.2, 0) is 9.53 Å². The summed E-state index contributed by atoms with van der Waals surface area (Å²) in [6.07, 6.45) is -3.73. The lowest BCUT2D eigenvalue weighted by Crippen LogP contribution is -2.37. The van der Waals surface area contributed by atoms with Gasteiger partial charge in [0.15, 0.2) is 12.0 Å². The molecule has 4 atom stereocenters. The molecule has 0 radical (unpaired) electrons. The van der Waals surface area contributed by atoms with Gasteiger partial charge in [0.2, 0.25) is 0 Å². The first-order chi connectivity index (χ1) is 10.7. The molecule has 10 nitrogen and oxygen atoms in total. The molecular formula is C13H19N3O7. The number of anilines is 1. The van der Waals surface area contributed by atoms with Crippen LogP contribution in [0.4, 0.5) is 5.82 Å². The van der Waals surface area contributed by atoms with Crippen LogP contribution in [0.3, 0.4) is 0 Å². The fourth-order valence-corrected chi connectivity index (χ4v) is 2.39. The van der Waals surface area contributed by atoms with E-state index >= 15 is 0 Å². The Morgan fingerprint density at radius 3 is 2.61 bits per heavy atom. The van der Waals surface area contributed by atoms with Crippen molar-refractivity contribution >= 4 is 11.8 Å². The standard InChI is InChI=1S/C13H19N3O7/c1-13(2,11(19)20)5-6-8(17)9(18)10(23-6)16-4-3-7(15-22)14-12(16)21/h3-4,6,8-10,17-18,22H,5H2,1-2H3,(H,19,20)(H,14,15,21)/t6-,8-,9-,10-/m1/s1. The Morgan fingerprint density at radius 1 is 1.43 bits per heavy atom. The minimum atomic E-state index is -1.42. The summed E-state index contributed by atoms with van der Waals surface area (Å²) in [6.45, 7) is 2.95. The molecular weight excluding hydrogens is 310 g/mol. The summed E-state index contributed by atoms with van der Waals surface area (Å²) >= 11 is 0. The molecule has 2 rings (SSSR count). The predicted molar refractivity (Wildman–Crippen MR) is 75.9 cm³/mol. The van der Waals surface area contributed by atoms with Crippen molar-refractivity contribution < 1.29 is 30.1 Å². The molecule has 5 N–H and O–H groups in total. The zero-order chi connectivity index (χ0) is 17.4. The Balaban J connectivity index is 2.23. The van der Waals surface area contributed by atoms with E-state index in [1.54, 1.807) is 5.48 Å². The van der Waals surface area contributed by atoms with E-state index in [0.717, 1.165) is 4.57 Å². The zero-order valence-corrected chi connectivity index (χ0v) is 12.6. The Labute approximate surface area is 130 Å². The Kier molecular flexibility index (Phi) is 4.71. The Morgan fingerprint density at radius 2 is 2.09 bits per heavy atom. The van der Waals surface area contributed by atoms with Crippen LogP contribution in [0.15, 0.2) is 17.1 Å². The maximum atomic E-state index is 11.9. The fourth-order valence-electron chi connectivity index (χ4n) is 2.39. The average Bonchev–Trinajstić information content (AvgIpc) is 2.75. The van der Waals surface area contributed by atoms with Crippen molar-refractivity contribution in [3.63, 3.8) is 0 Å². The SMILES string of the molecule is CC(C)(C[C@H]1O[C@@H](n2ccc(NO)nc2=O)[C@H](O)[C@@H]1O)C(=O)O. The van der Waals surface area contributed by atoms with Crippen LogP contribution in [0.2, 0.25) is 0 Å². The van der Waals surface area contributed by atoms with E-state index in [2.05, 4.69) is 4.98 Å². The van der Waals surface area contributed by atoms with E-state index in [-0.39, 0.29) is 12.2 Å². The number of carbonyl (C=O) groups is 1. The second-order valence-corrected chi connectivity index (χ2v) is 6.05. The van der Waals surface area contributed by atoms with E-state index in [0.29, 0.717) is 0 Å². The molecule has 10 heteroatoms. The molecule has 0 aliphatic carbocycles. The lowest BCUT2D eigenvalue weighted by molar-refractivity contribution is -0.150. The number of carboxylic acid groups (broad SMARTS) is 1. The van der Waals surface area contributed by atoms with Gasteiger partial charge in [0.25, 0.3) is 0 Å². The van der Waals surface area contributed by atoms with Gasteiger partial charge in [-0.2, -0.15) is 4.98 Å². The van der Waals surface area contributed by atoms with Crippen molar-refractivity contribution in [2.45, 2.75) is 44.8 Å². The normalized spacial score (nSPS) is 27.9. The number of aliphatic carboxylic acids is 1. The number of aromatic nitrogens is 2. The highest BCUT2D eigenvalue weighted by molar-refractivity contribution is 5.73. The molecule has 0 spiro atoms. The van der Waals surface area contributed by atoms with Crippen LogP contribution in [0.1, 0.15) is 26.5 Å². The van der Waals surface area contributed by atoms with Crippen LogP contribution in [0.5, 0.6) is 0 Å². The van der Waals surface area contributed by atoms with Gasteiger partial charge < -0.3 is 20.1 Å². The van der Waals surface area contributed by atoms with Crippen LogP contribution in [-0.4, -0.2) is 54.4 Å². The number of nitrogens with one attached hydrogen (secondary N) is 1. The summed E-state index contributed by atoms with van der Waals surface area (Å²) in [5.41, 5.74) is -0.264. The number of ether oxygens (including phenoxy) is 1. The van der Waals surface area contributed by atoms with Crippen molar-refractivity contribution in [3.8, 4) is 0 Å². The molecule has 1 aliphatic heterocycles. The number of carboxylic acids is 1. The van der Waals surface area contributed by atoms with Crippen LogP contribution in [0, 0.1) is 5.41 Å². The fraction of sp³-hybridized carbons (Fsp3) is 0.615. The molecule has 0 bridgehead atoms. The second kappa shape index (κ2) is 6.24. The molecule has 1 aromatic heterocycles. The van der Waals surface area contributed by atoms with Crippen molar-refractivity contribution in [1.82, 2.24) is 9.55 Å². The first-order valence-corrected chi connectivity index (χ1v) is 6.91. The summed E-state index contributed by atoms with van der Waals surface area (Å²) in [6, 6.07) is 1.28. The lowest BCUT2D eigenvalue weighted by Gasteiger charge is -2.24. The van der Waals surface area contributed by atoms with Gasteiger partial charge in [0, 0.05) is 6.20 Å². The first kappa shape index (κ1) is 17.3. The van der Waals surface area contributed by atoms with Gasteiger partial charge in [-0.15, -0.1) is 0 Å². The molecule has 1 aliphatic rings. The molecule has 1 fully saturated rings. The molecule has 2 heterocycles. The van der Waals surface area contributed by atoms with Crippen LogP contribution >= 0.6 is 0 Å². The molecule has 128 valence electrons. The molecule has 23 heavy (non-hydrogen) atoms. The minimum Gasteiger partial charge on any atom is -0.481 e. The molecule has 0 unspecified atom stereocenters. The summed E-state index contributed by atoms with van der Waals surface area (Å²) in [7, 11) is 0. The van der Waals surface area contributed by atoms with Gasteiger partial charge >= 0.3 is 11.7 Å². The second-order valence-electron chi connectivity index (χ2n) is 6.05. The van der Waals surface area contributed by atoms with Crippen molar-refractivity contribution in [2.75, 3.05) is 5.48 Å². The van der Waals surface area contributed by atoms with E-state index in [1.807, 2.05) is 0 Å². The summed E-state index contributed by atoms with van der Waals surface area (Å²) in [4.78, 5) is 26.6. The van der Waals surface area contributed by atoms with Crippen molar-refractivity contribution in [1.29, 1.82) is 0 Å². The Hall–Kier alpha value is -2.01. The lowest BCUT2D eigenvalue weighted by atomic mass is 9.85. The average molecular weight is 329 g/mol. The highest BCUT2D eigenvalue weighted by Crippen LogP contribution is 2.35. The third-order valence-corrected chi connectivity index (χ3v) is 3.85. The number of aliphatic hydroxyl groups is 2. The molecule has 1 saturated heterocycles. The quantitative estimate of drug-likeness (QED) is 0.435. The number of hydrogen-bond acceptors (Lipinski definition) is 8. The molecule has 0 saturated carbocycles. The monoisotopic (exact) mass is 329 g/mol. The largest absolute Gasteiger partial charge is 0.481 e. The number of hydrogen-bond donors (Lipinski definition) is 5. The molecule has 0 amide bonds. The first-order valence-electron chi connectivity index (χ1n) is 6.91. The van der Waals surface area contributed by atoms with Crippen LogP contribution in [0.25, 0.3) is 0 Å². The highest BCUT2D eigenvalue weighted by Gasteiger charge is 2.47. The summed E-state index contributed by atoms with van der Waals surface area (Å²) < 4.78 is 6.45. The van der Waals surface area contributed by atoms with Gasteiger partial charge in [-0.05, 0) is 26.3 Å². The van der Waals surface area contributed by atoms with E-state index in [4.69, 9.17) is 15.1 Å². The summed E-state index contributed by atoms with van der Waals surface area (Å²) in [5, 5.41) is 38.0. The zero-order valence-electron chi connectivity index (χ0n) is 12.6. The third-order valence-electron chi connectivity index (χ3n) is 3.85.